The van der Waals surface area contributed by atoms with E-state index in [1.165, 1.54) is 16.2 Å². The summed E-state index contributed by atoms with van der Waals surface area (Å²) >= 11 is 0. The lowest BCUT2D eigenvalue weighted by Crippen LogP contribution is -2.04. The molecule has 0 aliphatic heterocycles. The third-order valence-corrected chi connectivity index (χ3v) is 11.1. The van der Waals surface area contributed by atoms with E-state index >= 15 is 0 Å². The number of hydrogen-bond donors (Lipinski definition) is 0. The van der Waals surface area contributed by atoms with Crippen LogP contribution in [0.2, 0.25) is 0 Å². The van der Waals surface area contributed by atoms with Gasteiger partial charge in [0.25, 0.3) is 0 Å². The fourth-order valence-electron chi connectivity index (χ4n) is 8.61. The fourth-order valence-corrected chi connectivity index (χ4v) is 8.61. The quantitative estimate of drug-likeness (QED) is 0.170. The standard InChI is InChI=1S/C50H29N5O/c1-2-12-31-27-33(22-21-30(31)11-1)48-52-49(40-28-32-13-3-4-14-34(32)35-15-5-6-16-36(35)40)54-50(53-48)47-43(23-24-44-46(47)39-25-26-51-29-45(39)56-44)55-41-19-9-7-17-37(41)38-18-8-10-20-42(38)55/h1-29H. The maximum Gasteiger partial charge on any atom is 0.166 e. The number of fused-ring (bicyclic) bond motifs is 10. The zero-order valence-corrected chi connectivity index (χ0v) is 29.9. The molecule has 0 radical (unpaired) electrons. The molecule has 260 valence electrons. The van der Waals surface area contributed by atoms with Gasteiger partial charge >= 0.3 is 0 Å². The Hall–Kier alpha value is -7.70. The van der Waals surface area contributed by atoms with Crippen LogP contribution in [-0.4, -0.2) is 24.5 Å². The Morgan fingerprint density at radius 3 is 1.88 bits per heavy atom. The minimum atomic E-state index is 0.553. The van der Waals surface area contributed by atoms with Crippen molar-refractivity contribution in [2.75, 3.05) is 0 Å². The Kier molecular flexibility index (Phi) is 6.53. The number of pyridine rings is 1. The molecular formula is C50H29N5O. The number of para-hydroxylation sites is 2. The molecule has 0 unspecified atom stereocenters. The summed E-state index contributed by atoms with van der Waals surface area (Å²) in [6.45, 7) is 0. The molecule has 4 aromatic heterocycles. The number of rotatable bonds is 4. The van der Waals surface area contributed by atoms with Gasteiger partial charge in [0.05, 0.1) is 28.5 Å². The summed E-state index contributed by atoms with van der Waals surface area (Å²) in [7, 11) is 0. The third-order valence-electron chi connectivity index (χ3n) is 11.1. The average Bonchev–Trinajstić information content (AvgIpc) is 3.81. The Balaban J connectivity index is 1.24. The second-order valence-corrected chi connectivity index (χ2v) is 14.2. The van der Waals surface area contributed by atoms with E-state index in [0.717, 1.165) is 76.7 Å². The van der Waals surface area contributed by atoms with E-state index in [1.54, 1.807) is 6.20 Å². The van der Waals surface area contributed by atoms with E-state index in [4.69, 9.17) is 19.4 Å². The molecule has 8 aromatic carbocycles. The molecule has 56 heavy (non-hydrogen) atoms. The Bertz CT molecular complexity index is 3510. The van der Waals surface area contributed by atoms with Crippen molar-refractivity contribution in [2.24, 2.45) is 0 Å². The zero-order valence-electron chi connectivity index (χ0n) is 29.9. The van der Waals surface area contributed by atoms with Crippen molar-refractivity contribution in [3.05, 3.63) is 176 Å². The van der Waals surface area contributed by atoms with E-state index in [0.29, 0.717) is 23.1 Å². The largest absolute Gasteiger partial charge is 0.454 e. The first kappa shape index (κ1) is 30.7. The van der Waals surface area contributed by atoms with Crippen molar-refractivity contribution in [1.82, 2.24) is 24.5 Å². The molecule has 0 aliphatic rings. The minimum absolute atomic E-state index is 0.553. The van der Waals surface area contributed by atoms with E-state index in [-0.39, 0.29) is 0 Å². The topological polar surface area (TPSA) is 69.6 Å². The number of benzene rings is 8. The van der Waals surface area contributed by atoms with Gasteiger partial charge in [-0.05, 0) is 74.8 Å². The van der Waals surface area contributed by atoms with Gasteiger partial charge in [-0.25, -0.2) is 15.0 Å². The monoisotopic (exact) mass is 715 g/mol. The highest BCUT2D eigenvalue weighted by molar-refractivity contribution is 6.16. The molecule has 6 nitrogen and oxygen atoms in total. The van der Waals surface area contributed by atoms with E-state index < -0.39 is 0 Å². The van der Waals surface area contributed by atoms with Crippen LogP contribution in [0.25, 0.3) is 116 Å². The van der Waals surface area contributed by atoms with Gasteiger partial charge in [-0.3, -0.25) is 4.98 Å². The van der Waals surface area contributed by atoms with Crippen LogP contribution in [-0.2, 0) is 0 Å². The number of furan rings is 1. The van der Waals surface area contributed by atoms with Gasteiger partial charge in [-0.2, -0.15) is 0 Å². The Morgan fingerprint density at radius 2 is 1.07 bits per heavy atom. The molecule has 0 fully saturated rings. The molecule has 0 N–H and O–H groups in total. The van der Waals surface area contributed by atoms with Gasteiger partial charge < -0.3 is 8.98 Å². The van der Waals surface area contributed by atoms with Crippen molar-refractivity contribution in [3.8, 4) is 39.9 Å². The van der Waals surface area contributed by atoms with E-state index in [2.05, 4.69) is 167 Å². The smallest absolute Gasteiger partial charge is 0.166 e. The van der Waals surface area contributed by atoms with Crippen LogP contribution in [0.3, 0.4) is 0 Å². The van der Waals surface area contributed by atoms with Gasteiger partial charge in [0, 0.05) is 38.9 Å². The lowest BCUT2D eigenvalue weighted by molar-refractivity contribution is 0.667. The second kappa shape index (κ2) is 11.9. The number of nitrogens with zero attached hydrogens (tertiary/aromatic N) is 5. The molecule has 6 heteroatoms. The predicted octanol–water partition coefficient (Wildman–Crippen LogP) is 12.7. The molecule has 0 spiro atoms. The molecule has 0 aliphatic carbocycles. The first-order valence-corrected chi connectivity index (χ1v) is 18.7. The predicted molar refractivity (Wildman–Crippen MR) is 228 cm³/mol. The van der Waals surface area contributed by atoms with Crippen molar-refractivity contribution < 1.29 is 4.42 Å². The number of hydrogen-bond acceptors (Lipinski definition) is 5. The molecule has 0 bridgehead atoms. The molecular weight excluding hydrogens is 687 g/mol. The maximum atomic E-state index is 6.50. The van der Waals surface area contributed by atoms with Gasteiger partial charge in [0.2, 0.25) is 0 Å². The third kappa shape index (κ3) is 4.56. The summed E-state index contributed by atoms with van der Waals surface area (Å²) < 4.78 is 8.84. The van der Waals surface area contributed by atoms with Gasteiger partial charge in [-0.15, -0.1) is 0 Å². The van der Waals surface area contributed by atoms with Crippen LogP contribution < -0.4 is 0 Å². The number of aromatic nitrogens is 5. The maximum absolute atomic E-state index is 6.50. The van der Waals surface area contributed by atoms with Crippen LogP contribution in [0.5, 0.6) is 0 Å². The average molecular weight is 716 g/mol. The Labute approximate surface area is 320 Å². The Morgan fingerprint density at radius 1 is 0.429 bits per heavy atom. The molecule has 0 amide bonds. The van der Waals surface area contributed by atoms with Crippen LogP contribution in [0.4, 0.5) is 0 Å². The highest BCUT2D eigenvalue weighted by Crippen LogP contribution is 2.43. The fraction of sp³-hybridized carbons (Fsp3) is 0. The van der Waals surface area contributed by atoms with Crippen LogP contribution in [0.1, 0.15) is 0 Å². The second-order valence-electron chi connectivity index (χ2n) is 14.2. The van der Waals surface area contributed by atoms with Gasteiger partial charge in [0.1, 0.15) is 5.58 Å². The molecule has 12 aromatic rings. The van der Waals surface area contributed by atoms with Crippen molar-refractivity contribution >= 4 is 76.1 Å². The first-order valence-electron chi connectivity index (χ1n) is 18.7. The summed E-state index contributed by atoms with van der Waals surface area (Å²) in [5, 5.41) is 11.0. The lowest BCUT2D eigenvalue weighted by Gasteiger charge is -2.16. The molecule has 4 heterocycles. The first-order chi connectivity index (χ1) is 27.8. The summed E-state index contributed by atoms with van der Waals surface area (Å²) in [6.07, 6.45) is 3.59. The summed E-state index contributed by atoms with van der Waals surface area (Å²) in [5.41, 5.74) is 7.27. The van der Waals surface area contributed by atoms with Crippen LogP contribution in [0, 0.1) is 0 Å². The summed E-state index contributed by atoms with van der Waals surface area (Å²) in [5.74, 6) is 1.74. The molecule has 0 saturated carbocycles. The van der Waals surface area contributed by atoms with Gasteiger partial charge in [0.15, 0.2) is 23.1 Å². The highest BCUT2D eigenvalue weighted by atomic mass is 16.3. The van der Waals surface area contributed by atoms with Crippen molar-refractivity contribution in [2.45, 2.75) is 0 Å². The normalized spacial score (nSPS) is 11.9. The van der Waals surface area contributed by atoms with Crippen LogP contribution in [0.15, 0.2) is 181 Å². The summed E-state index contributed by atoms with van der Waals surface area (Å²) in [6, 6.07) is 57.4. The molecule has 12 rings (SSSR count). The zero-order chi connectivity index (χ0) is 36.7. The summed E-state index contributed by atoms with van der Waals surface area (Å²) in [4.78, 5) is 20.6. The minimum Gasteiger partial charge on any atom is -0.454 e. The van der Waals surface area contributed by atoms with Gasteiger partial charge in [-0.1, -0.05) is 121 Å². The van der Waals surface area contributed by atoms with E-state index in [9.17, 15) is 0 Å². The highest BCUT2D eigenvalue weighted by Gasteiger charge is 2.25. The van der Waals surface area contributed by atoms with Crippen molar-refractivity contribution in [1.29, 1.82) is 0 Å². The van der Waals surface area contributed by atoms with E-state index in [1.807, 2.05) is 12.3 Å². The van der Waals surface area contributed by atoms with Crippen LogP contribution >= 0.6 is 0 Å². The SMILES string of the molecule is c1ccc2cc(-c3nc(-c4cc5ccccc5c5ccccc45)nc(-c4c(-n5c6ccccc6c6ccccc65)ccc5oc6cnccc6c45)n3)ccc2c1. The van der Waals surface area contributed by atoms with Crippen molar-refractivity contribution in [3.63, 3.8) is 0 Å². The molecule has 0 atom stereocenters. The lowest BCUT2D eigenvalue weighted by atomic mass is 9.96. The molecule has 0 saturated heterocycles.